The monoisotopic (exact) mass is 192 g/mol. The molecule has 76 valence electrons. The molecule has 0 aliphatic rings. The SMILES string of the molecule is C#[N+]N(/N=C\C)C(/C=C\CCC)=C/C. The Morgan fingerprint density at radius 2 is 2.21 bits per heavy atom. The Morgan fingerprint density at radius 1 is 1.50 bits per heavy atom. The third-order valence-electron chi connectivity index (χ3n) is 1.60. The Kier molecular flexibility index (Phi) is 7.16. The first-order valence-corrected chi connectivity index (χ1v) is 4.82. The van der Waals surface area contributed by atoms with Crippen molar-refractivity contribution in [3.05, 3.63) is 28.9 Å². The molecule has 3 nitrogen and oxygen atoms in total. The maximum atomic E-state index is 5.20. The van der Waals surface area contributed by atoms with E-state index in [9.17, 15) is 0 Å². The lowest BCUT2D eigenvalue weighted by atomic mass is 10.3. The van der Waals surface area contributed by atoms with Crippen LogP contribution in [-0.4, -0.2) is 11.3 Å². The molecule has 0 aliphatic carbocycles. The largest absolute Gasteiger partial charge is 0.173 e. The van der Waals surface area contributed by atoms with Crippen LogP contribution >= 0.6 is 0 Å². The van der Waals surface area contributed by atoms with E-state index in [2.05, 4.69) is 23.1 Å². The standard InChI is InChI=1S/C11H18N3/c1-5-8-9-10-11(6-2)14(12-4)13-7-3/h4,6-7,9-10H,5,8H2,1-3H3/q+1/b10-9-,11-6+,13-7-. The molecule has 0 unspecified atom stereocenters. The molecule has 0 N–H and O–H groups in total. The third-order valence-corrected chi connectivity index (χ3v) is 1.60. The van der Waals surface area contributed by atoms with Gasteiger partial charge in [0.2, 0.25) is 0 Å². The van der Waals surface area contributed by atoms with Gasteiger partial charge in [-0.05, 0) is 26.3 Å². The lowest BCUT2D eigenvalue weighted by molar-refractivity contribution is 0.510. The van der Waals surface area contributed by atoms with E-state index in [1.165, 1.54) is 5.12 Å². The van der Waals surface area contributed by atoms with Crippen LogP contribution in [0.4, 0.5) is 0 Å². The highest BCUT2D eigenvalue weighted by atomic mass is 15.6. The molecule has 0 heterocycles. The van der Waals surface area contributed by atoms with Crippen LogP contribution in [0.3, 0.4) is 0 Å². The zero-order valence-electron chi connectivity index (χ0n) is 9.14. The molecule has 0 amide bonds. The summed E-state index contributed by atoms with van der Waals surface area (Å²) in [6.07, 6.45) is 9.78. The minimum atomic E-state index is 0.874. The number of rotatable bonds is 5. The van der Waals surface area contributed by atoms with Crippen molar-refractivity contribution >= 4 is 6.21 Å². The average Bonchev–Trinajstić information content (AvgIpc) is 2.22. The van der Waals surface area contributed by atoms with Gasteiger partial charge in [-0.25, -0.2) is 0 Å². The molecule has 0 bridgehead atoms. The Labute approximate surface area is 86.2 Å². The van der Waals surface area contributed by atoms with Crippen LogP contribution in [0.2, 0.25) is 0 Å². The van der Waals surface area contributed by atoms with Crippen LogP contribution < -0.4 is 0 Å². The lowest BCUT2D eigenvalue weighted by Gasteiger charge is -1.98. The molecule has 3 heteroatoms. The predicted octanol–water partition coefficient (Wildman–Crippen LogP) is 3.43. The van der Waals surface area contributed by atoms with Crippen molar-refractivity contribution < 1.29 is 0 Å². The van der Waals surface area contributed by atoms with Crippen molar-refractivity contribution in [2.24, 2.45) is 5.10 Å². The number of hydrogen-bond acceptors (Lipinski definition) is 2. The van der Waals surface area contributed by atoms with Gasteiger partial charge in [0.05, 0.1) is 10.2 Å². The molecule has 0 atom stereocenters. The maximum Gasteiger partial charge on any atom is 0.173 e. The molecule has 0 aromatic carbocycles. The highest BCUT2D eigenvalue weighted by Crippen LogP contribution is 2.08. The second kappa shape index (κ2) is 8.06. The van der Waals surface area contributed by atoms with Crippen LogP contribution in [-0.2, 0) is 0 Å². The van der Waals surface area contributed by atoms with Crippen molar-refractivity contribution in [3.63, 3.8) is 0 Å². The fourth-order valence-electron chi connectivity index (χ4n) is 0.922. The van der Waals surface area contributed by atoms with Crippen LogP contribution in [0.5, 0.6) is 0 Å². The van der Waals surface area contributed by atoms with Crippen molar-refractivity contribution in [3.8, 4) is 6.57 Å². The van der Waals surface area contributed by atoms with E-state index in [0.29, 0.717) is 0 Å². The van der Waals surface area contributed by atoms with E-state index < -0.39 is 0 Å². The molecule has 0 fully saturated rings. The zero-order chi connectivity index (χ0) is 10.8. The smallest absolute Gasteiger partial charge is 0.0822 e. The highest BCUT2D eigenvalue weighted by Gasteiger charge is 2.10. The summed E-state index contributed by atoms with van der Waals surface area (Å²) in [5, 5.41) is 5.38. The van der Waals surface area contributed by atoms with Crippen LogP contribution in [0.1, 0.15) is 33.6 Å². The second-order valence-electron chi connectivity index (χ2n) is 2.68. The number of hydrogen-bond donors (Lipinski definition) is 0. The first-order valence-electron chi connectivity index (χ1n) is 4.82. The molecule has 0 aliphatic heterocycles. The van der Waals surface area contributed by atoms with E-state index in [0.717, 1.165) is 18.5 Å². The zero-order valence-corrected chi connectivity index (χ0v) is 9.14. The van der Waals surface area contributed by atoms with Gasteiger partial charge in [0, 0.05) is 0 Å². The van der Waals surface area contributed by atoms with Crippen LogP contribution in [0, 0.1) is 6.57 Å². The molecule has 0 aromatic rings. The molecule has 0 aromatic heterocycles. The van der Waals surface area contributed by atoms with Gasteiger partial charge in [0.25, 0.3) is 0 Å². The minimum absolute atomic E-state index is 0.874. The minimum Gasteiger partial charge on any atom is -0.0822 e. The van der Waals surface area contributed by atoms with Crippen LogP contribution in [0.25, 0.3) is 4.95 Å². The fourth-order valence-corrected chi connectivity index (χ4v) is 0.922. The first kappa shape index (κ1) is 12.4. The van der Waals surface area contributed by atoms with Crippen molar-refractivity contribution in [1.29, 1.82) is 0 Å². The second-order valence-corrected chi connectivity index (χ2v) is 2.68. The van der Waals surface area contributed by atoms with E-state index in [4.69, 9.17) is 6.57 Å². The van der Waals surface area contributed by atoms with Gasteiger partial charge >= 0.3 is 0 Å². The molecule has 0 saturated carbocycles. The maximum absolute atomic E-state index is 5.20. The molecule has 0 rings (SSSR count). The van der Waals surface area contributed by atoms with Gasteiger partial charge in [0.15, 0.2) is 6.57 Å². The molecule has 14 heavy (non-hydrogen) atoms. The number of unbranched alkanes of at least 4 members (excludes halogenated alkanes) is 1. The summed E-state index contributed by atoms with van der Waals surface area (Å²) < 4.78 is 0. The summed E-state index contributed by atoms with van der Waals surface area (Å²) in [5.41, 5.74) is 0.874. The first-order chi connectivity index (χ1) is 6.79. The van der Waals surface area contributed by atoms with Gasteiger partial charge < -0.3 is 0 Å². The summed E-state index contributed by atoms with van der Waals surface area (Å²) in [5.74, 6) is 0. The number of hydrazone groups is 1. The lowest BCUT2D eigenvalue weighted by Crippen LogP contribution is -2.04. The molecular weight excluding hydrogens is 174 g/mol. The summed E-state index contributed by atoms with van der Waals surface area (Å²) in [6, 6.07) is 0. The summed E-state index contributed by atoms with van der Waals surface area (Å²) >= 11 is 0. The fraction of sp³-hybridized carbons (Fsp3) is 0.455. The summed E-state index contributed by atoms with van der Waals surface area (Å²) in [4.78, 5) is 3.54. The van der Waals surface area contributed by atoms with E-state index in [1.54, 1.807) is 6.21 Å². The van der Waals surface area contributed by atoms with Crippen molar-refractivity contribution in [2.75, 3.05) is 0 Å². The number of allylic oxidation sites excluding steroid dienone is 3. The van der Waals surface area contributed by atoms with Crippen molar-refractivity contribution in [2.45, 2.75) is 33.6 Å². The Morgan fingerprint density at radius 3 is 2.64 bits per heavy atom. The van der Waals surface area contributed by atoms with Gasteiger partial charge in [0.1, 0.15) is 11.9 Å². The predicted molar refractivity (Wildman–Crippen MR) is 62.1 cm³/mol. The van der Waals surface area contributed by atoms with Crippen LogP contribution in [0.15, 0.2) is 29.0 Å². The van der Waals surface area contributed by atoms with Gasteiger partial charge in [-0.15, -0.1) is 0 Å². The summed E-state index contributed by atoms with van der Waals surface area (Å²) in [7, 11) is 0. The topological polar surface area (TPSA) is 20.0 Å². The highest BCUT2D eigenvalue weighted by molar-refractivity contribution is 5.53. The molecule has 0 saturated heterocycles. The van der Waals surface area contributed by atoms with E-state index in [1.807, 2.05) is 26.0 Å². The summed E-state index contributed by atoms with van der Waals surface area (Å²) in [6.45, 7) is 11.1. The number of nitrogens with zero attached hydrogens (tertiary/aromatic N) is 3. The normalized spacial score (nSPS) is 12.3. The Balaban J connectivity index is 4.48. The van der Waals surface area contributed by atoms with E-state index >= 15 is 0 Å². The van der Waals surface area contributed by atoms with E-state index in [-0.39, 0.29) is 0 Å². The molecular formula is C11H18N3+. The Bertz CT molecular complexity index is 269. The third kappa shape index (κ3) is 4.46. The molecule has 0 radical (unpaired) electrons. The molecule has 0 spiro atoms. The van der Waals surface area contributed by atoms with Gasteiger partial charge in [-0.3, -0.25) is 0 Å². The quantitative estimate of drug-likeness (QED) is 0.371. The Hall–Kier alpha value is -1.56. The average molecular weight is 192 g/mol. The van der Waals surface area contributed by atoms with Gasteiger partial charge in [-0.1, -0.05) is 30.5 Å². The van der Waals surface area contributed by atoms with Crippen molar-refractivity contribution in [1.82, 2.24) is 5.12 Å². The van der Waals surface area contributed by atoms with Gasteiger partial charge in [-0.2, -0.15) is 0 Å².